The Morgan fingerprint density at radius 3 is 2.26 bits per heavy atom. The third-order valence-electron chi connectivity index (χ3n) is 3.38. The Bertz CT molecular complexity index is 354. The van der Waals surface area contributed by atoms with Crippen molar-refractivity contribution in [2.24, 2.45) is 0 Å². The van der Waals surface area contributed by atoms with Crippen LogP contribution in [0.2, 0.25) is 0 Å². The third kappa shape index (κ3) is 7.12. The van der Waals surface area contributed by atoms with Crippen LogP contribution in [-0.4, -0.2) is 17.5 Å². The lowest BCUT2D eigenvalue weighted by Crippen LogP contribution is -2.02. The van der Waals surface area contributed by atoms with Crippen molar-refractivity contribution in [1.29, 1.82) is 0 Å². The zero-order chi connectivity index (χ0) is 13.9. The molecule has 0 radical (unpaired) electrons. The van der Waals surface area contributed by atoms with E-state index in [0.717, 1.165) is 17.5 Å². The number of Topliss-reactive ketones (excluding diaryl/α,β-unsaturated/α-hetero) is 1. The molecule has 0 atom stereocenters. The highest BCUT2D eigenvalue weighted by molar-refractivity contribution is 5.80. The summed E-state index contributed by atoms with van der Waals surface area (Å²) in [7, 11) is 0. The minimum absolute atomic E-state index is 0.177. The van der Waals surface area contributed by atoms with Gasteiger partial charge in [0.25, 0.3) is 0 Å². The van der Waals surface area contributed by atoms with Crippen LogP contribution < -0.4 is 0 Å². The molecule has 0 aliphatic carbocycles. The second kappa shape index (κ2) is 9.74. The van der Waals surface area contributed by atoms with Gasteiger partial charge in [-0.15, -0.1) is 0 Å². The molecule has 1 aromatic rings. The van der Waals surface area contributed by atoms with Crippen LogP contribution in [0.25, 0.3) is 0 Å². The predicted molar refractivity (Wildman–Crippen MR) is 79.3 cm³/mol. The summed E-state index contributed by atoms with van der Waals surface area (Å²) in [5.74, 6) is 0.339. The maximum Gasteiger partial charge on any atom is 0.137 e. The Labute approximate surface area is 116 Å². The molecule has 106 valence electrons. The van der Waals surface area contributed by atoms with E-state index in [-0.39, 0.29) is 6.61 Å². The van der Waals surface area contributed by atoms with Crippen molar-refractivity contribution in [3.05, 3.63) is 35.4 Å². The lowest BCUT2D eigenvalue weighted by Gasteiger charge is -2.03. The molecule has 0 aliphatic heterocycles. The maximum absolute atomic E-state index is 11.8. The van der Waals surface area contributed by atoms with E-state index in [0.29, 0.717) is 25.0 Å². The van der Waals surface area contributed by atoms with Crippen molar-refractivity contribution in [2.45, 2.75) is 58.3 Å². The summed E-state index contributed by atoms with van der Waals surface area (Å²) < 4.78 is 0. The molecule has 1 aromatic carbocycles. The molecule has 1 N–H and O–H groups in total. The van der Waals surface area contributed by atoms with Gasteiger partial charge in [0.2, 0.25) is 0 Å². The van der Waals surface area contributed by atoms with E-state index in [2.05, 4.69) is 6.92 Å². The molecular weight excluding hydrogens is 236 g/mol. The standard InChI is InChI=1S/C17H26O2/c1-2-3-4-5-6-7-17(19)14-16-10-8-15(9-11-16)12-13-18/h8-11,18H,2-7,12-14H2,1H3. The molecular formula is C17H26O2. The molecule has 0 bridgehead atoms. The van der Waals surface area contributed by atoms with E-state index in [9.17, 15) is 4.79 Å². The van der Waals surface area contributed by atoms with Gasteiger partial charge in [0.1, 0.15) is 5.78 Å². The highest BCUT2D eigenvalue weighted by Crippen LogP contribution is 2.10. The Kier molecular flexibility index (Phi) is 8.15. The van der Waals surface area contributed by atoms with Gasteiger partial charge in [-0.3, -0.25) is 4.79 Å². The number of carbonyl (C=O) groups excluding carboxylic acids is 1. The number of hydrogen-bond donors (Lipinski definition) is 1. The monoisotopic (exact) mass is 262 g/mol. The van der Waals surface area contributed by atoms with E-state index in [4.69, 9.17) is 5.11 Å². The van der Waals surface area contributed by atoms with Gasteiger partial charge in [0, 0.05) is 19.4 Å². The third-order valence-corrected chi connectivity index (χ3v) is 3.38. The van der Waals surface area contributed by atoms with E-state index < -0.39 is 0 Å². The fourth-order valence-corrected chi connectivity index (χ4v) is 2.19. The second-order valence-electron chi connectivity index (χ2n) is 5.17. The van der Waals surface area contributed by atoms with Crippen LogP contribution in [0, 0.1) is 0 Å². The summed E-state index contributed by atoms with van der Waals surface area (Å²) in [4.78, 5) is 11.8. The molecule has 0 saturated heterocycles. The summed E-state index contributed by atoms with van der Waals surface area (Å²) in [6, 6.07) is 8.00. The normalized spacial score (nSPS) is 10.6. The highest BCUT2D eigenvalue weighted by Gasteiger charge is 2.03. The van der Waals surface area contributed by atoms with Crippen LogP contribution in [-0.2, 0) is 17.6 Å². The lowest BCUT2D eigenvalue weighted by atomic mass is 10.0. The van der Waals surface area contributed by atoms with Gasteiger partial charge >= 0.3 is 0 Å². The van der Waals surface area contributed by atoms with Crippen molar-refractivity contribution in [3.63, 3.8) is 0 Å². The van der Waals surface area contributed by atoms with Crippen molar-refractivity contribution in [2.75, 3.05) is 6.61 Å². The van der Waals surface area contributed by atoms with Gasteiger partial charge in [-0.25, -0.2) is 0 Å². The minimum Gasteiger partial charge on any atom is -0.396 e. The number of carbonyl (C=O) groups is 1. The molecule has 0 spiro atoms. The number of ketones is 1. The van der Waals surface area contributed by atoms with Crippen molar-refractivity contribution in [3.8, 4) is 0 Å². The Balaban J connectivity index is 2.24. The zero-order valence-electron chi connectivity index (χ0n) is 12.0. The van der Waals surface area contributed by atoms with Gasteiger partial charge in [-0.05, 0) is 24.0 Å². The van der Waals surface area contributed by atoms with Gasteiger partial charge in [0.15, 0.2) is 0 Å². The first kappa shape index (κ1) is 15.9. The van der Waals surface area contributed by atoms with Crippen LogP contribution in [0.3, 0.4) is 0 Å². The number of rotatable bonds is 10. The quantitative estimate of drug-likeness (QED) is 0.653. The molecule has 2 heteroatoms. The molecule has 0 aromatic heterocycles. The van der Waals surface area contributed by atoms with E-state index >= 15 is 0 Å². The second-order valence-corrected chi connectivity index (χ2v) is 5.17. The van der Waals surface area contributed by atoms with E-state index in [1.807, 2.05) is 24.3 Å². The van der Waals surface area contributed by atoms with Crippen molar-refractivity contribution in [1.82, 2.24) is 0 Å². The number of aliphatic hydroxyl groups excluding tert-OH is 1. The van der Waals surface area contributed by atoms with Crippen LogP contribution in [0.4, 0.5) is 0 Å². The number of aliphatic hydroxyl groups is 1. The van der Waals surface area contributed by atoms with E-state index in [1.54, 1.807) is 0 Å². The minimum atomic E-state index is 0.177. The smallest absolute Gasteiger partial charge is 0.137 e. The first-order chi connectivity index (χ1) is 9.26. The molecule has 0 aliphatic rings. The summed E-state index contributed by atoms with van der Waals surface area (Å²) >= 11 is 0. The molecule has 2 nitrogen and oxygen atoms in total. The van der Waals surface area contributed by atoms with Gasteiger partial charge < -0.3 is 5.11 Å². The Hall–Kier alpha value is -1.15. The van der Waals surface area contributed by atoms with Crippen LogP contribution >= 0.6 is 0 Å². The van der Waals surface area contributed by atoms with Gasteiger partial charge in [0.05, 0.1) is 0 Å². The molecule has 19 heavy (non-hydrogen) atoms. The largest absolute Gasteiger partial charge is 0.396 e. The molecule has 0 fully saturated rings. The number of benzene rings is 1. The number of hydrogen-bond acceptors (Lipinski definition) is 2. The number of unbranched alkanes of at least 4 members (excludes halogenated alkanes) is 4. The fourth-order valence-electron chi connectivity index (χ4n) is 2.19. The van der Waals surface area contributed by atoms with Crippen molar-refractivity contribution >= 4 is 5.78 Å². The topological polar surface area (TPSA) is 37.3 Å². The Morgan fingerprint density at radius 2 is 1.63 bits per heavy atom. The van der Waals surface area contributed by atoms with Crippen molar-refractivity contribution < 1.29 is 9.90 Å². The summed E-state index contributed by atoms with van der Waals surface area (Å²) in [6.45, 7) is 2.38. The molecule has 0 unspecified atom stereocenters. The summed E-state index contributed by atoms with van der Waals surface area (Å²) in [6.07, 6.45) is 7.92. The first-order valence-electron chi connectivity index (χ1n) is 7.46. The maximum atomic E-state index is 11.8. The average molecular weight is 262 g/mol. The summed E-state index contributed by atoms with van der Waals surface area (Å²) in [5, 5.41) is 8.84. The van der Waals surface area contributed by atoms with Gasteiger partial charge in [-0.2, -0.15) is 0 Å². The van der Waals surface area contributed by atoms with Crippen LogP contribution in [0.5, 0.6) is 0 Å². The molecule has 0 amide bonds. The highest BCUT2D eigenvalue weighted by atomic mass is 16.2. The molecule has 0 saturated carbocycles. The van der Waals surface area contributed by atoms with Crippen LogP contribution in [0.1, 0.15) is 56.6 Å². The van der Waals surface area contributed by atoms with Gasteiger partial charge in [-0.1, -0.05) is 56.9 Å². The average Bonchev–Trinajstić information content (AvgIpc) is 2.41. The molecule has 0 heterocycles. The van der Waals surface area contributed by atoms with Crippen LogP contribution in [0.15, 0.2) is 24.3 Å². The zero-order valence-corrected chi connectivity index (χ0v) is 12.0. The predicted octanol–water partition coefficient (Wildman–Crippen LogP) is 3.69. The molecule has 1 rings (SSSR count). The first-order valence-corrected chi connectivity index (χ1v) is 7.46. The fraction of sp³-hybridized carbons (Fsp3) is 0.588. The Morgan fingerprint density at radius 1 is 1.00 bits per heavy atom. The van der Waals surface area contributed by atoms with E-state index in [1.165, 1.54) is 25.7 Å². The SMILES string of the molecule is CCCCCCCC(=O)Cc1ccc(CCO)cc1. The summed E-state index contributed by atoms with van der Waals surface area (Å²) in [5.41, 5.74) is 2.21. The lowest BCUT2D eigenvalue weighted by molar-refractivity contribution is -0.118.